The van der Waals surface area contributed by atoms with E-state index in [1.807, 2.05) is 20.9 Å². The molecule has 0 saturated carbocycles. The van der Waals surface area contributed by atoms with E-state index in [2.05, 4.69) is 15.1 Å². The van der Waals surface area contributed by atoms with Gasteiger partial charge in [-0.05, 0) is 20.9 Å². The first-order valence-corrected chi connectivity index (χ1v) is 7.08. The van der Waals surface area contributed by atoms with Gasteiger partial charge in [-0.25, -0.2) is 8.42 Å². The minimum atomic E-state index is -3.40. The normalized spacial score (nSPS) is 28.4. The molecule has 1 aromatic rings. The van der Waals surface area contributed by atoms with Crippen LogP contribution in [0.15, 0.2) is 17.3 Å². The van der Waals surface area contributed by atoms with E-state index in [4.69, 9.17) is 0 Å². The number of nitrogens with zero attached hydrogens (tertiary/aromatic N) is 3. The molecule has 1 aliphatic heterocycles. The average Bonchev–Trinajstić information content (AvgIpc) is 2.79. The average molecular weight is 258 g/mol. The molecule has 96 valence electrons. The molecule has 2 unspecified atom stereocenters. The Kier molecular flexibility index (Phi) is 3.24. The van der Waals surface area contributed by atoms with Crippen molar-refractivity contribution in [1.82, 2.24) is 19.4 Å². The van der Waals surface area contributed by atoms with Crippen LogP contribution in [0.3, 0.4) is 0 Å². The summed E-state index contributed by atoms with van der Waals surface area (Å²) in [7, 11) is -1.37. The summed E-state index contributed by atoms with van der Waals surface area (Å²) in [5.41, 5.74) is 0. The van der Waals surface area contributed by atoms with Gasteiger partial charge in [0.25, 0.3) is 0 Å². The van der Waals surface area contributed by atoms with Crippen molar-refractivity contribution in [1.29, 1.82) is 0 Å². The van der Waals surface area contributed by atoms with E-state index in [1.165, 1.54) is 16.7 Å². The summed E-state index contributed by atoms with van der Waals surface area (Å²) >= 11 is 0. The molecule has 0 radical (unpaired) electrons. The van der Waals surface area contributed by atoms with E-state index in [-0.39, 0.29) is 17.0 Å². The number of nitrogens with one attached hydrogen (secondary N) is 1. The largest absolute Gasteiger partial charge is 0.298 e. The van der Waals surface area contributed by atoms with Gasteiger partial charge >= 0.3 is 0 Å². The Balaban J connectivity index is 2.24. The first-order chi connectivity index (χ1) is 7.93. The predicted molar refractivity (Wildman–Crippen MR) is 64.0 cm³/mol. The fraction of sp³-hybridized carbons (Fsp3) is 0.700. The molecule has 0 spiro atoms. The highest BCUT2D eigenvalue weighted by atomic mass is 32.2. The van der Waals surface area contributed by atoms with Gasteiger partial charge in [0.1, 0.15) is 4.90 Å². The van der Waals surface area contributed by atoms with Crippen LogP contribution in [0.4, 0.5) is 0 Å². The zero-order valence-electron chi connectivity index (χ0n) is 10.3. The van der Waals surface area contributed by atoms with Crippen LogP contribution in [0.2, 0.25) is 0 Å². The van der Waals surface area contributed by atoms with Crippen molar-refractivity contribution in [2.45, 2.75) is 30.8 Å². The molecule has 7 heteroatoms. The molecule has 6 nitrogen and oxygen atoms in total. The van der Waals surface area contributed by atoms with E-state index in [0.717, 1.165) is 0 Å². The van der Waals surface area contributed by atoms with Crippen LogP contribution in [-0.2, 0) is 10.0 Å². The van der Waals surface area contributed by atoms with Gasteiger partial charge in [0.15, 0.2) is 0 Å². The summed E-state index contributed by atoms with van der Waals surface area (Å²) in [6.45, 7) is 5.11. The Labute approximate surface area is 102 Å². The number of piperazine rings is 1. The SMILES string of the molecule is CC1CN(S(=O)(=O)c2cn[nH]c2)CC(C)N1C. The zero-order valence-corrected chi connectivity index (χ0v) is 11.1. The first-order valence-electron chi connectivity index (χ1n) is 5.64. The van der Waals surface area contributed by atoms with Gasteiger partial charge < -0.3 is 0 Å². The number of aromatic nitrogens is 2. The van der Waals surface area contributed by atoms with Crippen molar-refractivity contribution in [3.05, 3.63) is 12.4 Å². The zero-order chi connectivity index (χ0) is 12.6. The second-order valence-corrected chi connectivity index (χ2v) is 6.56. The fourth-order valence-electron chi connectivity index (χ4n) is 2.08. The van der Waals surface area contributed by atoms with Crippen molar-refractivity contribution in [2.24, 2.45) is 0 Å². The molecule has 1 aromatic heterocycles. The topological polar surface area (TPSA) is 69.3 Å². The van der Waals surface area contributed by atoms with Gasteiger partial charge in [0, 0.05) is 31.4 Å². The summed E-state index contributed by atoms with van der Waals surface area (Å²) in [5, 5.41) is 6.23. The minimum Gasteiger partial charge on any atom is -0.298 e. The summed E-state index contributed by atoms with van der Waals surface area (Å²) in [4.78, 5) is 2.43. The van der Waals surface area contributed by atoms with Gasteiger partial charge in [0.05, 0.1) is 6.20 Å². The van der Waals surface area contributed by atoms with Crippen molar-refractivity contribution >= 4 is 10.0 Å². The van der Waals surface area contributed by atoms with Gasteiger partial charge in [-0.3, -0.25) is 10.00 Å². The Bertz CT molecular complexity index is 459. The number of likely N-dealkylation sites (N-methyl/N-ethyl adjacent to an activating group) is 1. The van der Waals surface area contributed by atoms with E-state index >= 15 is 0 Å². The van der Waals surface area contributed by atoms with Crippen LogP contribution in [0.1, 0.15) is 13.8 Å². The quantitative estimate of drug-likeness (QED) is 0.818. The molecular formula is C10H18N4O2S. The second-order valence-electron chi connectivity index (χ2n) is 4.62. The smallest absolute Gasteiger partial charge is 0.246 e. The molecule has 1 saturated heterocycles. The van der Waals surface area contributed by atoms with Crippen molar-refractivity contribution in [3.63, 3.8) is 0 Å². The van der Waals surface area contributed by atoms with E-state index in [0.29, 0.717) is 13.1 Å². The molecule has 0 amide bonds. The van der Waals surface area contributed by atoms with Crippen LogP contribution in [0.25, 0.3) is 0 Å². The molecule has 2 heterocycles. The third-order valence-electron chi connectivity index (χ3n) is 3.44. The first kappa shape index (κ1) is 12.5. The van der Waals surface area contributed by atoms with E-state index in [9.17, 15) is 8.42 Å². The number of sulfonamides is 1. The maximum Gasteiger partial charge on any atom is 0.246 e. The van der Waals surface area contributed by atoms with Crippen molar-refractivity contribution in [2.75, 3.05) is 20.1 Å². The number of rotatable bonds is 2. The number of hydrogen-bond acceptors (Lipinski definition) is 4. The Morgan fingerprint density at radius 2 is 1.94 bits per heavy atom. The molecule has 17 heavy (non-hydrogen) atoms. The van der Waals surface area contributed by atoms with Crippen LogP contribution in [0.5, 0.6) is 0 Å². The standard InChI is InChI=1S/C10H18N4O2S/c1-8-6-14(7-9(2)13(8)3)17(15,16)10-4-11-12-5-10/h4-5,8-9H,6-7H2,1-3H3,(H,11,12). The molecule has 0 aromatic carbocycles. The molecular weight excluding hydrogens is 240 g/mol. The van der Waals surface area contributed by atoms with Gasteiger partial charge in [-0.15, -0.1) is 0 Å². The lowest BCUT2D eigenvalue weighted by Gasteiger charge is -2.41. The van der Waals surface area contributed by atoms with Crippen LogP contribution in [-0.4, -0.2) is 60.0 Å². The van der Waals surface area contributed by atoms with Crippen molar-refractivity contribution in [3.8, 4) is 0 Å². The Hall–Kier alpha value is -0.920. The molecule has 1 N–H and O–H groups in total. The molecule has 1 aliphatic rings. The lowest BCUT2D eigenvalue weighted by molar-refractivity contribution is 0.105. The predicted octanol–water partition coefficient (Wildman–Crippen LogP) is 0.123. The highest BCUT2D eigenvalue weighted by Crippen LogP contribution is 2.21. The van der Waals surface area contributed by atoms with E-state index in [1.54, 1.807) is 0 Å². The molecule has 1 fully saturated rings. The summed E-state index contributed by atoms with van der Waals surface area (Å²) in [6, 6.07) is 0.445. The summed E-state index contributed by atoms with van der Waals surface area (Å²) < 4.78 is 26.1. The minimum absolute atomic E-state index is 0.223. The highest BCUT2D eigenvalue weighted by Gasteiger charge is 2.34. The third-order valence-corrected chi connectivity index (χ3v) is 5.23. The maximum absolute atomic E-state index is 12.3. The molecule has 2 atom stereocenters. The van der Waals surface area contributed by atoms with Crippen molar-refractivity contribution < 1.29 is 8.42 Å². The van der Waals surface area contributed by atoms with Gasteiger partial charge in [-0.2, -0.15) is 9.40 Å². The number of hydrogen-bond donors (Lipinski definition) is 1. The Morgan fingerprint density at radius 1 is 1.35 bits per heavy atom. The maximum atomic E-state index is 12.3. The van der Waals surface area contributed by atoms with Crippen LogP contribution < -0.4 is 0 Å². The van der Waals surface area contributed by atoms with Crippen LogP contribution in [0, 0.1) is 0 Å². The van der Waals surface area contributed by atoms with Gasteiger partial charge in [0.2, 0.25) is 10.0 Å². The molecule has 0 bridgehead atoms. The number of H-pyrrole nitrogens is 1. The highest BCUT2D eigenvalue weighted by molar-refractivity contribution is 7.89. The fourth-order valence-corrected chi connectivity index (χ4v) is 3.59. The second kappa shape index (κ2) is 4.40. The van der Waals surface area contributed by atoms with Gasteiger partial charge in [-0.1, -0.05) is 0 Å². The van der Waals surface area contributed by atoms with Crippen LogP contribution >= 0.6 is 0 Å². The lowest BCUT2D eigenvalue weighted by atomic mass is 10.1. The monoisotopic (exact) mass is 258 g/mol. The summed E-state index contributed by atoms with van der Waals surface area (Å²) in [6.07, 6.45) is 2.77. The van der Waals surface area contributed by atoms with E-state index < -0.39 is 10.0 Å². The molecule has 2 rings (SSSR count). The third kappa shape index (κ3) is 2.22. The summed E-state index contributed by atoms with van der Waals surface area (Å²) in [5.74, 6) is 0. The molecule has 0 aliphatic carbocycles. The number of aromatic amines is 1. The Morgan fingerprint density at radius 3 is 2.41 bits per heavy atom. The lowest BCUT2D eigenvalue weighted by Crippen LogP contribution is -2.56.